The van der Waals surface area contributed by atoms with Gasteiger partial charge >= 0.3 is 0 Å². The number of methoxy groups -OCH3 is 1. The highest BCUT2D eigenvalue weighted by Gasteiger charge is 2.09. The molecule has 0 amide bonds. The van der Waals surface area contributed by atoms with Gasteiger partial charge in [0.2, 0.25) is 5.82 Å². The Morgan fingerprint density at radius 1 is 1.04 bits per heavy atom. The van der Waals surface area contributed by atoms with Crippen molar-refractivity contribution in [1.82, 2.24) is 10.1 Å². The van der Waals surface area contributed by atoms with E-state index in [-0.39, 0.29) is 12.4 Å². The molecule has 0 fully saturated rings. The molecule has 1 aromatic heterocycles. The van der Waals surface area contributed by atoms with Gasteiger partial charge in [-0.15, -0.1) is 0 Å². The number of ether oxygens (including phenoxy) is 2. The number of carbonyl (C=O) groups excluding carboxylic acids is 1. The molecule has 0 spiro atoms. The predicted octanol–water partition coefficient (Wildman–Crippen LogP) is 3.53. The zero-order chi connectivity index (χ0) is 16.9. The normalized spacial score (nSPS) is 10.4. The van der Waals surface area contributed by atoms with E-state index in [0.717, 1.165) is 11.3 Å². The van der Waals surface area contributed by atoms with Crippen LogP contribution in [0, 0.1) is 0 Å². The molecule has 0 atom stereocenters. The lowest BCUT2D eigenvalue weighted by Gasteiger charge is -2.03. The van der Waals surface area contributed by atoms with Gasteiger partial charge in [-0.3, -0.25) is 4.79 Å². The Kier molecular flexibility index (Phi) is 4.56. The molecular formula is C18H16N2O4. The number of Topliss-reactive ketones (excluding diaryl/α,β-unsaturated/α-hetero) is 1. The van der Waals surface area contributed by atoms with E-state index in [1.807, 2.05) is 24.3 Å². The first-order valence-electron chi connectivity index (χ1n) is 7.36. The second kappa shape index (κ2) is 6.95. The van der Waals surface area contributed by atoms with Gasteiger partial charge in [0.25, 0.3) is 5.89 Å². The average Bonchev–Trinajstić information content (AvgIpc) is 3.09. The maximum absolute atomic E-state index is 11.2. The van der Waals surface area contributed by atoms with Gasteiger partial charge in [0.05, 0.1) is 7.11 Å². The Bertz CT molecular complexity index is 823. The fourth-order valence-corrected chi connectivity index (χ4v) is 2.10. The Morgan fingerprint density at radius 2 is 1.71 bits per heavy atom. The quantitative estimate of drug-likeness (QED) is 0.646. The Morgan fingerprint density at radius 3 is 2.33 bits per heavy atom. The summed E-state index contributed by atoms with van der Waals surface area (Å²) in [5.74, 6) is 2.27. The van der Waals surface area contributed by atoms with E-state index < -0.39 is 0 Å². The Labute approximate surface area is 139 Å². The van der Waals surface area contributed by atoms with Crippen LogP contribution in [0.5, 0.6) is 11.5 Å². The van der Waals surface area contributed by atoms with Gasteiger partial charge in [-0.2, -0.15) is 4.98 Å². The Balaban J connectivity index is 1.64. The third-order valence-corrected chi connectivity index (χ3v) is 3.43. The topological polar surface area (TPSA) is 74.5 Å². The van der Waals surface area contributed by atoms with Crippen molar-refractivity contribution in [3.63, 3.8) is 0 Å². The molecule has 24 heavy (non-hydrogen) atoms. The first-order chi connectivity index (χ1) is 11.7. The van der Waals surface area contributed by atoms with Crippen molar-refractivity contribution < 1.29 is 18.8 Å². The van der Waals surface area contributed by atoms with Crippen LogP contribution >= 0.6 is 0 Å². The number of benzene rings is 2. The maximum atomic E-state index is 11.2. The van der Waals surface area contributed by atoms with Gasteiger partial charge < -0.3 is 14.0 Å². The number of rotatable bonds is 6. The minimum Gasteiger partial charge on any atom is -0.497 e. The summed E-state index contributed by atoms with van der Waals surface area (Å²) in [6, 6.07) is 14.3. The molecule has 0 aliphatic rings. The average molecular weight is 324 g/mol. The van der Waals surface area contributed by atoms with E-state index in [1.54, 1.807) is 31.4 Å². The van der Waals surface area contributed by atoms with E-state index in [9.17, 15) is 4.79 Å². The second-order valence-corrected chi connectivity index (χ2v) is 5.11. The fourth-order valence-electron chi connectivity index (χ4n) is 2.10. The molecule has 0 unspecified atom stereocenters. The minimum atomic E-state index is 0.0175. The third-order valence-electron chi connectivity index (χ3n) is 3.43. The highest BCUT2D eigenvalue weighted by atomic mass is 16.5. The van der Waals surface area contributed by atoms with Crippen molar-refractivity contribution in [2.45, 2.75) is 13.5 Å². The number of carbonyl (C=O) groups is 1. The first kappa shape index (κ1) is 15.7. The minimum absolute atomic E-state index is 0.0175. The molecule has 0 aliphatic carbocycles. The van der Waals surface area contributed by atoms with Crippen molar-refractivity contribution in [2.24, 2.45) is 0 Å². The zero-order valence-corrected chi connectivity index (χ0v) is 13.4. The van der Waals surface area contributed by atoms with Crippen LogP contribution in [0.4, 0.5) is 0 Å². The molecule has 2 aromatic carbocycles. The molecular weight excluding hydrogens is 308 g/mol. The van der Waals surface area contributed by atoms with Gasteiger partial charge in [0.15, 0.2) is 12.4 Å². The van der Waals surface area contributed by atoms with Crippen LogP contribution in [0.2, 0.25) is 0 Å². The number of nitrogens with zero attached hydrogens (tertiary/aromatic N) is 2. The van der Waals surface area contributed by atoms with E-state index in [0.29, 0.717) is 23.0 Å². The largest absolute Gasteiger partial charge is 0.497 e. The van der Waals surface area contributed by atoms with Gasteiger partial charge in [-0.1, -0.05) is 5.16 Å². The van der Waals surface area contributed by atoms with Crippen LogP contribution in [0.15, 0.2) is 53.1 Å². The molecule has 3 rings (SSSR count). The van der Waals surface area contributed by atoms with Crippen molar-refractivity contribution in [2.75, 3.05) is 7.11 Å². The molecule has 6 heteroatoms. The summed E-state index contributed by atoms with van der Waals surface area (Å²) in [6.07, 6.45) is 0. The van der Waals surface area contributed by atoms with Crippen molar-refractivity contribution in [1.29, 1.82) is 0 Å². The summed E-state index contributed by atoms with van der Waals surface area (Å²) in [5, 5.41) is 3.90. The molecule has 0 saturated carbocycles. The number of hydrogen-bond donors (Lipinski definition) is 0. The SMILES string of the molecule is COc1ccc(-c2nc(COc3ccc(C(C)=O)cc3)no2)cc1. The van der Waals surface area contributed by atoms with E-state index >= 15 is 0 Å². The number of hydrogen-bond acceptors (Lipinski definition) is 6. The molecule has 0 radical (unpaired) electrons. The molecule has 0 aliphatic heterocycles. The second-order valence-electron chi connectivity index (χ2n) is 5.11. The lowest BCUT2D eigenvalue weighted by molar-refractivity contribution is 0.101. The zero-order valence-electron chi connectivity index (χ0n) is 13.4. The standard InChI is InChI=1S/C18H16N2O4/c1-12(21)13-3-9-16(10-4-13)23-11-17-19-18(24-20-17)14-5-7-15(22-2)8-6-14/h3-10H,11H2,1-2H3. The number of ketones is 1. The summed E-state index contributed by atoms with van der Waals surface area (Å²) in [5.41, 5.74) is 1.45. The van der Waals surface area contributed by atoms with Gasteiger partial charge in [0.1, 0.15) is 11.5 Å². The molecule has 1 heterocycles. The smallest absolute Gasteiger partial charge is 0.258 e. The fraction of sp³-hybridized carbons (Fsp3) is 0.167. The van der Waals surface area contributed by atoms with E-state index in [1.165, 1.54) is 6.92 Å². The molecule has 122 valence electrons. The summed E-state index contributed by atoms with van der Waals surface area (Å²) in [6.45, 7) is 1.70. The van der Waals surface area contributed by atoms with Crippen LogP contribution in [0.3, 0.4) is 0 Å². The molecule has 6 nitrogen and oxygen atoms in total. The summed E-state index contributed by atoms with van der Waals surface area (Å²) < 4.78 is 15.9. The van der Waals surface area contributed by atoms with Crippen LogP contribution in [0.25, 0.3) is 11.5 Å². The van der Waals surface area contributed by atoms with Crippen LogP contribution < -0.4 is 9.47 Å². The Hall–Kier alpha value is -3.15. The molecule has 0 N–H and O–H groups in total. The highest BCUT2D eigenvalue weighted by Crippen LogP contribution is 2.21. The highest BCUT2D eigenvalue weighted by molar-refractivity contribution is 5.94. The van der Waals surface area contributed by atoms with E-state index in [4.69, 9.17) is 14.0 Å². The molecule has 0 saturated heterocycles. The van der Waals surface area contributed by atoms with Gasteiger partial charge in [0, 0.05) is 11.1 Å². The van der Waals surface area contributed by atoms with E-state index in [2.05, 4.69) is 10.1 Å². The van der Waals surface area contributed by atoms with Crippen LogP contribution in [-0.2, 0) is 6.61 Å². The summed E-state index contributed by atoms with van der Waals surface area (Å²) in [7, 11) is 1.61. The molecule has 0 bridgehead atoms. The third kappa shape index (κ3) is 3.60. The monoisotopic (exact) mass is 324 g/mol. The lowest BCUT2D eigenvalue weighted by atomic mass is 10.1. The predicted molar refractivity (Wildman–Crippen MR) is 87.1 cm³/mol. The maximum Gasteiger partial charge on any atom is 0.258 e. The molecule has 3 aromatic rings. The van der Waals surface area contributed by atoms with Crippen LogP contribution in [0.1, 0.15) is 23.1 Å². The van der Waals surface area contributed by atoms with Gasteiger partial charge in [-0.25, -0.2) is 0 Å². The lowest BCUT2D eigenvalue weighted by Crippen LogP contribution is -1.98. The number of aromatic nitrogens is 2. The van der Waals surface area contributed by atoms with Crippen molar-refractivity contribution >= 4 is 5.78 Å². The van der Waals surface area contributed by atoms with Gasteiger partial charge in [-0.05, 0) is 55.5 Å². The summed E-state index contributed by atoms with van der Waals surface area (Å²) >= 11 is 0. The first-order valence-corrected chi connectivity index (χ1v) is 7.36. The van der Waals surface area contributed by atoms with Crippen LogP contribution in [-0.4, -0.2) is 23.0 Å². The van der Waals surface area contributed by atoms with Crippen molar-refractivity contribution in [3.8, 4) is 23.0 Å². The summed E-state index contributed by atoms with van der Waals surface area (Å²) in [4.78, 5) is 15.5. The van der Waals surface area contributed by atoms with Crippen molar-refractivity contribution in [3.05, 3.63) is 59.9 Å².